The third-order valence-electron chi connectivity index (χ3n) is 3.56. The predicted molar refractivity (Wildman–Crippen MR) is 69.2 cm³/mol. The highest BCUT2D eigenvalue weighted by atomic mass is 19.1. The summed E-state index contributed by atoms with van der Waals surface area (Å²) in [5.74, 6) is -2.43. The molecule has 0 aliphatic heterocycles. The van der Waals surface area contributed by atoms with E-state index in [1.165, 1.54) is 19.2 Å². The lowest BCUT2D eigenvalue weighted by atomic mass is 10.0. The Hall–Kier alpha value is -2.11. The molecule has 2 atom stereocenters. The highest BCUT2D eigenvalue weighted by molar-refractivity contribution is 5.95. The number of rotatable bonds is 4. The Morgan fingerprint density at radius 1 is 1.40 bits per heavy atom. The molecule has 1 fully saturated rings. The molecule has 1 saturated carbocycles. The molecule has 1 aromatic rings. The second kappa shape index (κ2) is 5.90. The molecule has 6 heteroatoms. The molecule has 0 spiro atoms. The molecule has 0 radical (unpaired) electrons. The number of amides is 1. The van der Waals surface area contributed by atoms with Gasteiger partial charge in [-0.05, 0) is 31.0 Å². The van der Waals surface area contributed by atoms with Crippen LogP contribution < -0.4 is 10.1 Å². The molecule has 0 aromatic heterocycles. The van der Waals surface area contributed by atoms with Gasteiger partial charge >= 0.3 is 5.97 Å². The van der Waals surface area contributed by atoms with Crippen LogP contribution in [0.3, 0.4) is 0 Å². The first-order valence-electron chi connectivity index (χ1n) is 6.40. The summed E-state index contributed by atoms with van der Waals surface area (Å²) in [7, 11) is 1.32. The lowest BCUT2D eigenvalue weighted by Crippen LogP contribution is -2.40. The van der Waals surface area contributed by atoms with Gasteiger partial charge in [0.1, 0.15) is 0 Å². The molecular formula is C14H16FNO4. The van der Waals surface area contributed by atoms with Gasteiger partial charge in [-0.25, -0.2) is 4.39 Å². The number of hydrogen-bond acceptors (Lipinski definition) is 3. The Morgan fingerprint density at radius 3 is 2.80 bits per heavy atom. The van der Waals surface area contributed by atoms with Crippen LogP contribution in [0.4, 0.5) is 4.39 Å². The molecule has 0 unspecified atom stereocenters. The number of benzene rings is 1. The Kier molecular flexibility index (Phi) is 4.22. The van der Waals surface area contributed by atoms with E-state index in [2.05, 4.69) is 5.32 Å². The molecule has 0 bridgehead atoms. The van der Waals surface area contributed by atoms with Gasteiger partial charge in [-0.3, -0.25) is 9.59 Å². The number of carbonyl (C=O) groups is 2. The maximum Gasteiger partial charge on any atom is 0.308 e. The maximum absolute atomic E-state index is 13.3. The van der Waals surface area contributed by atoms with Gasteiger partial charge in [0.2, 0.25) is 0 Å². The molecule has 0 saturated heterocycles. The van der Waals surface area contributed by atoms with Crippen molar-refractivity contribution in [3.05, 3.63) is 29.6 Å². The number of halogens is 1. The molecule has 2 rings (SSSR count). The number of carbonyl (C=O) groups excluding carboxylic acids is 1. The van der Waals surface area contributed by atoms with Crippen molar-refractivity contribution in [2.24, 2.45) is 5.92 Å². The summed E-state index contributed by atoms with van der Waals surface area (Å²) in [6.45, 7) is 0. The number of hydrogen-bond donors (Lipinski definition) is 2. The van der Waals surface area contributed by atoms with E-state index >= 15 is 0 Å². The van der Waals surface area contributed by atoms with Gasteiger partial charge in [0.25, 0.3) is 5.91 Å². The summed E-state index contributed by atoms with van der Waals surface area (Å²) in [4.78, 5) is 23.1. The molecular weight excluding hydrogens is 265 g/mol. The quantitative estimate of drug-likeness (QED) is 0.882. The number of nitrogens with one attached hydrogen (secondary N) is 1. The van der Waals surface area contributed by atoms with E-state index in [1.54, 1.807) is 0 Å². The first kappa shape index (κ1) is 14.3. The summed E-state index contributed by atoms with van der Waals surface area (Å²) in [5, 5.41) is 11.8. The van der Waals surface area contributed by atoms with Crippen LogP contribution in [0.15, 0.2) is 18.2 Å². The smallest absolute Gasteiger partial charge is 0.308 e. The van der Waals surface area contributed by atoms with Crippen molar-refractivity contribution in [3.8, 4) is 5.75 Å². The van der Waals surface area contributed by atoms with E-state index in [9.17, 15) is 14.0 Å². The van der Waals surface area contributed by atoms with Crippen LogP contribution in [0.25, 0.3) is 0 Å². The van der Waals surface area contributed by atoms with Gasteiger partial charge < -0.3 is 15.2 Å². The molecule has 5 nitrogen and oxygen atoms in total. The fourth-order valence-electron chi connectivity index (χ4n) is 2.48. The van der Waals surface area contributed by atoms with Crippen molar-refractivity contribution in [2.75, 3.05) is 7.11 Å². The van der Waals surface area contributed by atoms with Crippen LogP contribution >= 0.6 is 0 Å². The highest BCUT2D eigenvalue weighted by Gasteiger charge is 2.34. The second-order valence-corrected chi connectivity index (χ2v) is 4.80. The minimum Gasteiger partial charge on any atom is -0.494 e. The number of ether oxygens (including phenoxy) is 1. The van der Waals surface area contributed by atoms with Crippen LogP contribution in [0.1, 0.15) is 29.6 Å². The monoisotopic (exact) mass is 281 g/mol. The number of methoxy groups -OCH3 is 1. The summed E-state index contributed by atoms with van der Waals surface area (Å²) < 4.78 is 18.1. The van der Waals surface area contributed by atoms with Gasteiger partial charge in [-0.1, -0.05) is 6.42 Å². The van der Waals surface area contributed by atoms with E-state index < -0.39 is 23.6 Å². The van der Waals surface area contributed by atoms with Crippen molar-refractivity contribution in [2.45, 2.75) is 25.3 Å². The summed E-state index contributed by atoms with van der Waals surface area (Å²) >= 11 is 0. The molecule has 1 aromatic carbocycles. The Bertz CT molecular complexity index is 532. The normalized spacial score (nSPS) is 21.5. The van der Waals surface area contributed by atoms with Gasteiger partial charge in [-0.15, -0.1) is 0 Å². The van der Waals surface area contributed by atoms with Gasteiger partial charge in [-0.2, -0.15) is 0 Å². The molecule has 2 N–H and O–H groups in total. The maximum atomic E-state index is 13.3. The Balaban J connectivity index is 2.10. The summed E-state index contributed by atoms with van der Waals surface area (Å²) in [6.07, 6.45) is 1.97. The zero-order chi connectivity index (χ0) is 14.7. The first-order chi connectivity index (χ1) is 9.52. The van der Waals surface area contributed by atoms with Crippen LogP contribution in [0.5, 0.6) is 5.75 Å². The third-order valence-corrected chi connectivity index (χ3v) is 3.56. The van der Waals surface area contributed by atoms with E-state index in [0.717, 1.165) is 12.5 Å². The van der Waals surface area contributed by atoms with E-state index in [-0.39, 0.29) is 17.4 Å². The lowest BCUT2D eigenvalue weighted by molar-refractivity contribution is -0.142. The molecule has 1 amide bonds. The topological polar surface area (TPSA) is 75.6 Å². The van der Waals surface area contributed by atoms with E-state index in [4.69, 9.17) is 9.84 Å². The summed E-state index contributed by atoms with van der Waals surface area (Å²) in [6, 6.07) is 3.42. The Morgan fingerprint density at radius 2 is 2.15 bits per heavy atom. The number of carboxylic acid groups (broad SMARTS) is 1. The second-order valence-electron chi connectivity index (χ2n) is 4.80. The van der Waals surface area contributed by atoms with Gasteiger partial charge in [0.05, 0.1) is 13.0 Å². The molecule has 1 aliphatic carbocycles. The van der Waals surface area contributed by atoms with Crippen molar-refractivity contribution >= 4 is 11.9 Å². The predicted octanol–water partition coefficient (Wildman–Crippen LogP) is 1.82. The zero-order valence-corrected chi connectivity index (χ0v) is 11.1. The van der Waals surface area contributed by atoms with Crippen LogP contribution in [0, 0.1) is 11.7 Å². The zero-order valence-electron chi connectivity index (χ0n) is 11.1. The summed E-state index contributed by atoms with van der Waals surface area (Å²) in [5.41, 5.74) is 0.249. The van der Waals surface area contributed by atoms with Crippen molar-refractivity contribution in [1.82, 2.24) is 5.32 Å². The molecule has 108 valence electrons. The SMILES string of the molecule is COc1cc(C(=O)N[C@@H]2CCC[C@H]2C(=O)O)ccc1F. The number of aliphatic carboxylic acids is 1. The fraction of sp³-hybridized carbons (Fsp3) is 0.429. The lowest BCUT2D eigenvalue weighted by Gasteiger charge is -2.17. The molecule has 1 aliphatic rings. The third kappa shape index (κ3) is 2.89. The van der Waals surface area contributed by atoms with E-state index in [0.29, 0.717) is 12.8 Å². The molecule has 0 heterocycles. The van der Waals surface area contributed by atoms with Crippen LogP contribution in [0.2, 0.25) is 0 Å². The van der Waals surface area contributed by atoms with Gasteiger partial charge in [0.15, 0.2) is 11.6 Å². The minimum atomic E-state index is -0.899. The van der Waals surface area contributed by atoms with Crippen molar-refractivity contribution < 1.29 is 23.8 Å². The highest BCUT2D eigenvalue weighted by Crippen LogP contribution is 2.26. The Labute approximate surface area is 115 Å². The van der Waals surface area contributed by atoms with Crippen molar-refractivity contribution in [1.29, 1.82) is 0 Å². The van der Waals surface area contributed by atoms with Crippen LogP contribution in [-0.4, -0.2) is 30.1 Å². The average molecular weight is 281 g/mol. The van der Waals surface area contributed by atoms with E-state index in [1.807, 2.05) is 0 Å². The molecule has 20 heavy (non-hydrogen) atoms. The standard InChI is InChI=1S/C14H16FNO4/c1-20-12-7-8(5-6-10(12)15)13(17)16-11-4-2-3-9(11)14(18)19/h5-7,9,11H,2-4H2,1H3,(H,16,17)(H,18,19)/t9-,11-/m1/s1. The average Bonchev–Trinajstić information content (AvgIpc) is 2.87. The van der Waals surface area contributed by atoms with Crippen LogP contribution in [-0.2, 0) is 4.79 Å². The van der Waals surface area contributed by atoms with Crippen molar-refractivity contribution in [3.63, 3.8) is 0 Å². The first-order valence-corrected chi connectivity index (χ1v) is 6.40. The van der Waals surface area contributed by atoms with Gasteiger partial charge in [0, 0.05) is 11.6 Å². The fourth-order valence-corrected chi connectivity index (χ4v) is 2.48. The largest absolute Gasteiger partial charge is 0.494 e. The minimum absolute atomic E-state index is 0.0149. The number of carboxylic acids is 1.